The van der Waals surface area contributed by atoms with Gasteiger partial charge < -0.3 is 15.8 Å². The molecule has 4 unspecified atom stereocenters. The second-order valence-corrected chi connectivity index (χ2v) is 5.44. The number of ether oxygens (including phenoxy) is 1. The molecule has 1 heterocycles. The molecule has 0 aromatic heterocycles. The van der Waals surface area contributed by atoms with E-state index in [0.29, 0.717) is 12.7 Å². The fourth-order valence-electron chi connectivity index (χ4n) is 3.06. The van der Waals surface area contributed by atoms with Gasteiger partial charge in [-0.2, -0.15) is 0 Å². The van der Waals surface area contributed by atoms with E-state index in [1.54, 1.807) is 0 Å². The Hall–Kier alpha value is -1.60. The molecule has 3 N–H and O–H groups in total. The van der Waals surface area contributed by atoms with Gasteiger partial charge >= 0.3 is 0 Å². The number of benzene rings is 1. The number of nitrogens with one attached hydrogen (secondary N) is 1. The third-order valence-electron chi connectivity index (χ3n) is 4.25. The van der Waals surface area contributed by atoms with Gasteiger partial charge in [-0.15, -0.1) is 0 Å². The average Bonchev–Trinajstić information content (AvgIpc) is 2.49. The van der Waals surface area contributed by atoms with Crippen molar-refractivity contribution < 1.29 is 22.7 Å². The number of amides is 1. The third-order valence-corrected chi connectivity index (χ3v) is 4.25. The summed E-state index contributed by atoms with van der Waals surface area (Å²) < 4.78 is 45.1. The van der Waals surface area contributed by atoms with Gasteiger partial charge in [-0.3, -0.25) is 4.79 Å². The van der Waals surface area contributed by atoms with Crippen LogP contribution in [0.4, 0.5) is 13.2 Å². The molecule has 1 amide bonds. The second-order valence-electron chi connectivity index (χ2n) is 5.44. The molecule has 1 aliphatic carbocycles. The van der Waals surface area contributed by atoms with Crippen molar-refractivity contribution in [3.05, 3.63) is 35.1 Å². The minimum absolute atomic E-state index is 0.179. The molecule has 2 fully saturated rings. The van der Waals surface area contributed by atoms with Crippen LogP contribution < -0.4 is 11.1 Å². The van der Waals surface area contributed by atoms with Crippen LogP contribution in [0, 0.1) is 23.4 Å². The highest BCUT2D eigenvalue weighted by Crippen LogP contribution is 2.37. The molecule has 4 nitrogen and oxygen atoms in total. The fourth-order valence-corrected chi connectivity index (χ4v) is 3.06. The fraction of sp³-hybridized carbons (Fsp3) is 0.500. The van der Waals surface area contributed by atoms with Crippen LogP contribution in [0.3, 0.4) is 0 Å². The topological polar surface area (TPSA) is 64.3 Å². The zero-order valence-corrected chi connectivity index (χ0v) is 11.1. The van der Waals surface area contributed by atoms with E-state index in [4.69, 9.17) is 10.5 Å². The van der Waals surface area contributed by atoms with Crippen molar-refractivity contribution in [2.24, 2.45) is 11.7 Å². The Morgan fingerprint density at radius 3 is 2.81 bits per heavy atom. The molecule has 1 aromatic rings. The SMILES string of the molecule is NC1C2CCCOC2C1NC(=O)c1ccc(F)c(F)c1F. The molecule has 0 radical (unpaired) electrons. The summed E-state index contributed by atoms with van der Waals surface area (Å²) in [5, 5.41) is 2.55. The normalized spacial score (nSPS) is 31.2. The van der Waals surface area contributed by atoms with E-state index in [1.807, 2.05) is 0 Å². The molecule has 1 saturated carbocycles. The number of rotatable bonds is 2. The lowest BCUT2D eigenvalue weighted by molar-refractivity contribution is -0.117. The van der Waals surface area contributed by atoms with Gasteiger partial charge in [-0.05, 0) is 25.0 Å². The van der Waals surface area contributed by atoms with Crippen LogP contribution in [-0.4, -0.2) is 30.7 Å². The minimum atomic E-state index is -1.66. The van der Waals surface area contributed by atoms with Crippen LogP contribution in [0.5, 0.6) is 0 Å². The maximum atomic E-state index is 13.6. The summed E-state index contributed by atoms with van der Waals surface area (Å²) in [7, 11) is 0. The Balaban J connectivity index is 1.74. The van der Waals surface area contributed by atoms with Crippen molar-refractivity contribution in [3.8, 4) is 0 Å². The molecule has 21 heavy (non-hydrogen) atoms. The zero-order valence-electron chi connectivity index (χ0n) is 11.1. The second kappa shape index (κ2) is 5.31. The number of halogens is 3. The van der Waals surface area contributed by atoms with Crippen LogP contribution in [0.2, 0.25) is 0 Å². The standard InChI is InChI=1S/C14H15F3N2O2/c15-8-4-3-6(9(16)10(8)17)14(20)19-12-11(18)7-2-1-5-21-13(7)12/h3-4,7,11-13H,1-2,5,18H2,(H,19,20). The van der Waals surface area contributed by atoms with Crippen LogP contribution in [0.1, 0.15) is 23.2 Å². The van der Waals surface area contributed by atoms with E-state index in [9.17, 15) is 18.0 Å². The molecule has 0 spiro atoms. The predicted octanol–water partition coefficient (Wildman–Crippen LogP) is 1.34. The summed E-state index contributed by atoms with van der Waals surface area (Å²) >= 11 is 0. The number of carbonyl (C=O) groups is 1. The smallest absolute Gasteiger partial charge is 0.254 e. The van der Waals surface area contributed by atoms with Crippen molar-refractivity contribution >= 4 is 5.91 Å². The lowest BCUT2D eigenvalue weighted by atomic mass is 9.68. The van der Waals surface area contributed by atoms with Crippen molar-refractivity contribution in [1.82, 2.24) is 5.32 Å². The van der Waals surface area contributed by atoms with Crippen LogP contribution >= 0.6 is 0 Å². The molecule has 2 aliphatic rings. The summed E-state index contributed by atoms with van der Waals surface area (Å²) in [4.78, 5) is 12.0. The Morgan fingerprint density at radius 2 is 2.05 bits per heavy atom. The monoisotopic (exact) mass is 300 g/mol. The first-order chi connectivity index (χ1) is 10.0. The first kappa shape index (κ1) is 14.3. The van der Waals surface area contributed by atoms with Crippen molar-refractivity contribution in [1.29, 1.82) is 0 Å². The van der Waals surface area contributed by atoms with Crippen molar-refractivity contribution in [2.75, 3.05) is 6.61 Å². The van der Waals surface area contributed by atoms with Crippen LogP contribution in [0.15, 0.2) is 12.1 Å². The highest BCUT2D eigenvalue weighted by atomic mass is 19.2. The number of hydrogen-bond acceptors (Lipinski definition) is 3. The summed E-state index contributed by atoms with van der Waals surface area (Å²) in [6, 6.07) is 0.920. The van der Waals surface area contributed by atoms with Crippen LogP contribution in [-0.2, 0) is 4.74 Å². The lowest BCUT2D eigenvalue weighted by Gasteiger charge is -2.52. The molecule has 1 saturated heterocycles. The van der Waals surface area contributed by atoms with Gasteiger partial charge in [0.25, 0.3) is 5.91 Å². The third kappa shape index (κ3) is 2.30. The number of fused-ring (bicyclic) bond motifs is 1. The summed E-state index contributed by atoms with van der Waals surface area (Å²) in [6.45, 7) is 0.597. The molecule has 114 valence electrons. The van der Waals surface area contributed by atoms with E-state index in [-0.39, 0.29) is 18.1 Å². The minimum Gasteiger partial charge on any atom is -0.376 e. The summed E-state index contributed by atoms with van der Waals surface area (Å²) in [5.74, 6) is -5.13. The van der Waals surface area contributed by atoms with Crippen molar-refractivity contribution in [2.45, 2.75) is 31.0 Å². The largest absolute Gasteiger partial charge is 0.376 e. The van der Waals surface area contributed by atoms with E-state index in [0.717, 1.165) is 18.9 Å². The highest BCUT2D eigenvalue weighted by Gasteiger charge is 2.51. The van der Waals surface area contributed by atoms with Crippen LogP contribution in [0.25, 0.3) is 0 Å². The maximum absolute atomic E-state index is 13.6. The molecule has 3 rings (SSSR count). The predicted molar refractivity (Wildman–Crippen MR) is 68.0 cm³/mol. The number of hydrogen-bond donors (Lipinski definition) is 2. The Morgan fingerprint density at radius 1 is 1.29 bits per heavy atom. The van der Waals surface area contributed by atoms with Gasteiger partial charge in [0, 0.05) is 18.6 Å². The van der Waals surface area contributed by atoms with Gasteiger partial charge in [0.1, 0.15) is 0 Å². The molecular weight excluding hydrogens is 285 g/mol. The van der Waals surface area contributed by atoms with Gasteiger partial charge in [-0.1, -0.05) is 0 Å². The van der Waals surface area contributed by atoms with E-state index in [2.05, 4.69) is 5.32 Å². The number of nitrogens with two attached hydrogens (primary N) is 1. The molecule has 4 atom stereocenters. The Labute approximate surface area is 119 Å². The maximum Gasteiger partial charge on any atom is 0.254 e. The van der Waals surface area contributed by atoms with E-state index < -0.39 is 35.0 Å². The summed E-state index contributed by atoms with van der Waals surface area (Å²) in [5.41, 5.74) is 5.43. The van der Waals surface area contributed by atoms with Gasteiger partial charge in [-0.25, -0.2) is 13.2 Å². The number of carbonyl (C=O) groups excluding carboxylic acids is 1. The molecule has 0 bridgehead atoms. The lowest BCUT2D eigenvalue weighted by Crippen LogP contribution is -2.72. The van der Waals surface area contributed by atoms with Gasteiger partial charge in [0.2, 0.25) is 0 Å². The summed E-state index contributed by atoms with van der Waals surface area (Å²) in [6.07, 6.45) is 1.66. The van der Waals surface area contributed by atoms with E-state index in [1.165, 1.54) is 0 Å². The Kier molecular flexibility index (Phi) is 3.62. The highest BCUT2D eigenvalue weighted by molar-refractivity contribution is 5.94. The first-order valence-electron chi connectivity index (χ1n) is 6.82. The Bertz CT molecular complexity index is 582. The first-order valence-corrected chi connectivity index (χ1v) is 6.82. The van der Waals surface area contributed by atoms with E-state index >= 15 is 0 Å². The molecular formula is C14H15F3N2O2. The zero-order chi connectivity index (χ0) is 15.1. The molecule has 7 heteroatoms. The molecule has 1 aliphatic heterocycles. The molecule has 1 aromatic carbocycles. The van der Waals surface area contributed by atoms with Crippen molar-refractivity contribution in [3.63, 3.8) is 0 Å². The quantitative estimate of drug-likeness (QED) is 0.810. The average molecular weight is 300 g/mol. The van der Waals surface area contributed by atoms with Gasteiger partial charge in [0.15, 0.2) is 17.5 Å². The van der Waals surface area contributed by atoms with Gasteiger partial charge in [0.05, 0.1) is 17.7 Å².